The number of piperidine rings is 1. The van der Waals surface area contributed by atoms with Gasteiger partial charge in [0.1, 0.15) is 11.4 Å². The van der Waals surface area contributed by atoms with E-state index < -0.39 is 47.1 Å². The van der Waals surface area contributed by atoms with Crippen LogP contribution < -0.4 is 0 Å². The van der Waals surface area contributed by atoms with Crippen LogP contribution in [-0.4, -0.2) is 53.6 Å². The summed E-state index contributed by atoms with van der Waals surface area (Å²) in [6, 6.07) is 8.41. The highest BCUT2D eigenvalue weighted by atomic mass is 79.9. The molecule has 0 aromatic heterocycles. The lowest BCUT2D eigenvalue weighted by atomic mass is 9.85. The number of amides is 2. The second-order valence-electron chi connectivity index (χ2n) is 9.58. The Morgan fingerprint density at radius 1 is 1.09 bits per heavy atom. The number of nitrogens with zero attached hydrogens (tertiary/aromatic N) is 2. The summed E-state index contributed by atoms with van der Waals surface area (Å²) in [4.78, 5) is 28.9. The normalized spacial score (nSPS) is 18.8. The molecule has 1 saturated heterocycles. The molecule has 2 amide bonds. The Kier molecular flexibility index (Phi) is 7.83. The number of carbonyl (C=O) groups is 2. The highest BCUT2D eigenvalue weighted by molar-refractivity contribution is 9.10. The third-order valence-electron chi connectivity index (χ3n) is 5.82. The molecule has 0 N–H and O–H groups in total. The van der Waals surface area contributed by atoms with E-state index in [1.54, 1.807) is 32.9 Å². The van der Waals surface area contributed by atoms with Crippen molar-refractivity contribution in [2.75, 3.05) is 20.1 Å². The van der Waals surface area contributed by atoms with E-state index in [-0.39, 0.29) is 16.6 Å². The minimum Gasteiger partial charge on any atom is -0.444 e. The van der Waals surface area contributed by atoms with Gasteiger partial charge in [-0.05, 0) is 63.1 Å². The van der Waals surface area contributed by atoms with Crippen molar-refractivity contribution in [2.45, 2.75) is 50.9 Å². The van der Waals surface area contributed by atoms with E-state index in [1.165, 1.54) is 35.0 Å². The summed E-state index contributed by atoms with van der Waals surface area (Å²) >= 11 is 3.06. The van der Waals surface area contributed by atoms with Crippen molar-refractivity contribution < 1.29 is 31.9 Å². The van der Waals surface area contributed by atoms with E-state index in [2.05, 4.69) is 15.9 Å². The molecule has 0 aliphatic carbocycles. The molecule has 0 saturated carbocycles. The van der Waals surface area contributed by atoms with Crippen LogP contribution in [0.4, 0.5) is 22.4 Å². The average Bonchev–Trinajstić information content (AvgIpc) is 2.76. The van der Waals surface area contributed by atoms with Crippen LogP contribution in [0.1, 0.15) is 54.6 Å². The lowest BCUT2D eigenvalue weighted by Gasteiger charge is -2.43. The number of rotatable bonds is 3. The molecule has 0 radical (unpaired) electrons. The van der Waals surface area contributed by atoms with Gasteiger partial charge < -0.3 is 14.5 Å². The smallest absolute Gasteiger partial charge is 0.416 e. The lowest BCUT2D eigenvalue weighted by Crippen LogP contribution is -2.52. The molecule has 2 atom stereocenters. The first-order chi connectivity index (χ1) is 16.2. The first-order valence-corrected chi connectivity index (χ1v) is 11.8. The van der Waals surface area contributed by atoms with Crippen LogP contribution in [0, 0.1) is 5.82 Å². The molecule has 0 spiro atoms. The van der Waals surface area contributed by atoms with Crippen LogP contribution in [-0.2, 0) is 10.9 Å². The van der Waals surface area contributed by atoms with Gasteiger partial charge >= 0.3 is 12.3 Å². The molecule has 190 valence electrons. The maximum absolute atomic E-state index is 13.6. The second kappa shape index (κ2) is 10.2. The number of hydrogen-bond acceptors (Lipinski definition) is 3. The SMILES string of the molecule is CN(C(=O)c1cc(Br)cc(C(F)(F)F)c1)[C@@H]1CCN(C(=O)OC(C)(C)C)C[C@H]1c1ccc(F)cc1. The van der Waals surface area contributed by atoms with E-state index in [9.17, 15) is 27.2 Å². The van der Waals surface area contributed by atoms with Gasteiger partial charge in [-0.1, -0.05) is 28.1 Å². The molecular formula is C25H27BrF4N2O3. The van der Waals surface area contributed by atoms with Gasteiger partial charge in [-0.15, -0.1) is 0 Å². The fourth-order valence-corrected chi connectivity index (χ4v) is 4.66. The number of carbonyl (C=O) groups excluding carboxylic acids is 2. The molecule has 35 heavy (non-hydrogen) atoms. The second-order valence-corrected chi connectivity index (χ2v) is 10.5. The molecule has 1 aliphatic heterocycles. The minimum absolute atomic E-state index is 0.110. The molecular weight excluding hydrogens is 532 g/mol. The standard InChI is InChI=1S/C25H27BrF4N2O3/c1-24(2,3)35-23(34)32-10-9-21(20(14-32)15-5-7-19(27)8-6-15)31(4)22(33)16-11-17(25(28,29)30)13-18(26)12-16/h5-8,11-13,20-21H,9-10,14H2,1-4H3/t20-,21+/m0/s1. The van der Waals surface area contributed by atoms with Crippen molar-refractivity contribution in [1.29, 1.82) is 0 Å². The molecule has 1 heterocycles. The third-order valence-corrected chi connectivity index (χ3v) is 6.27. The summed E-state index contributed by atoms with van der Waals surface area (Å²) in [6.07, 6.45) is -4.74. The van der Waals surface area contributed by atoms with Gasteiger partial charge in [0.15, 0.2) is 0 Å². The van der Waals surface area contributed by atoms with Crippen LogP contribution in [0.5, 0.6) is 0 Å². The van der Waals surface area contributed by atoms with Crippen LogP contribution in [0.15, 0.2) is 46.9 Å². The molecule has 2 aromatic rings. The quantitative estimate of drug-likeness (QED) is 0.405. The molecule has 2 aromatic carbocycles. The third kappa shape index (κ3) is 6.74. The fourth-order valence-electron chi connectivity index (χ4n) is 4.16. The number of likely N-dealkylation sites (N-methyl/N-ethyl adjacent to an activating group) is 1. The summed E-state index contributed by atoms with van der Waals surface area (Å²) in [7, 11) is 1.53. The number of hydrogen-bond donors (Lipinski definition) is 0. The van der Waals surface area contributed by atoms with Crippen LogP contribution in [0.25, 0.3) is 0 Å². The molecule has 0 unspecified atom stereocenters. The van der Waals surface area contributed by atoms with E-state index in [0.717, 1.165) is 12.1 Å². The van der Waals surface area contributed by atoms with Crippen molar-refractivity contribution in [1.82, 2.24) is 9.80 Å². The maximum atomic E-state index is 13.6. The maximum Gasteiger partial charge on any atom is 0.416 e. The average molecular weight is 559 g/mol. The predicted octanol–water partition coefficient (Wildman–Crippen LogP) is 6.47. The van der Waals surface area contributed by atoms with Crippen molar-refractivity contribution in [3.05, 3.63) is 69.4 Å². The molecule has 0 bridgehead atoms. The monoisotopic (exact) mass is 558 g/mol. The Morgan fingerprint density at radius 3 is 2.29 bits per heavy atom. The first-order valence-electron chi connectivity index (χ1n) is 11.0. The summed E-state index contributed by atoms with van der Waals surface area (Å²) in [5.41, 5.74) is -1.03. The highest BCUT2D eigenvalue weighted by Crippen LogP contribution is 2.35. The number of likely N-dealkylation sites (tertiary alicyclic amines) is 1. The summed E-state index contributed by atoms with van der Waals surface area (Å²) in [5, 5.41) is 0. The van der Waals surface area contributed by atoms with E-state index in [0.29, 0.717) is 18.5 Å². The minimum atomic E-state index is -4.60. The van der Waals surface area contributed by atoms with E-state index >= 15 is 0 Å². The summed E-state index contributed by atoms with van der Waals surface area (Å²) in [6.45, 7) is 5.77. The van der Waals surface area contributed by atoms with Crippen LogP contribution in [0.2, 0.25) is 0 Å². The number of ether oxygens (including phenoxy) is 1. The Balaban J connectivity index is 1.91. The zero-order valence-corrected chi connectivity index (χ0v) is 21.4. The summed E-state index contributed by atoms with van der Waals surface area (Å²) < 4.78 is 59.1. The van der Waals surface area contributed by atoms with Crippen LogP contribution >= 0.6 is 15.9 Å². The van der Waals surface area contributed by atoms with Gasteiger partial charge in [-0.3, -0.25) is 4.79 Å². The Morgan fingerprint density at radius 2 is 1.71 bits per heavy atom. The van der Waals surface area contributed by atoms with Crippen molar-refractivity contribution in [3.63, 3.8) is 0 Å². The van der Waals surface area contributed by atoms with Gasteiger partial charge in [0.05, 0.1) is 5.56 Å². The Labute approximate surface area is 210 Å². The molecule has 1 aliphatic rings. The van der Waals surface area contributed by atoms with Crippen molar-refractivity contribution in [3.8, 4) is 0 Å². The van der Waals surface area contributed by atoms with Gasteiger partial charge in [-0.25, -0.2) is 9.18 Å². The molecule has 1 fully saturated rings. The van der Waals surface area contributed by atoms with Crippen LogP contribution in [0.3, 0.4) is 0 Å². The largest absolute Gasteiger partial charge is 0.444 e. The topological polar surface area (TPSA) is 49.9 Å². The molecule has 10 heteroatoms. The first kappa shape index (κ1) is 27.0. The Bertz CT molecular complexity index is 1080. The lowest BCUT2D eigenvalue weighted by molar-refractivity contribution is -0.137. The molecule has 3 rings (SSSR count). The van der Waals surface area contributed by atoms with Gasteiger partial charge in [-0.2, -0.15) is 13.2 Å². The van der Waals surface area contributed by atoms with Gasteiger partial charge in [0.2, 0.25) is 0 Å². The number of halogens is 5. The zero-order chi connectivity index (χ0) is 26.1. The zero-order valence-electron chi connectivity index (χ0n) is 19.8. The van der Waals surface area contributed by atoms with E-state index in [4.69, 9.17) is 4.74 Å². The highest BCUT2D eigenvalue weighted by Gasteiger charge is 2.39. The number of alkyl halides is 3. The van der Waals surface area contributed by atoms with Crippen molar-refractivity contribution in [2.24, 2.45) is 0 Å². The summed E-state index contributed by atoms with van der Waals surface area (Å²) in [5.74, 6) is -1.41. The fraction of sp³-hybridized carbons (Fsp3) is 0.440. The van der Waals surface area contributed by atoms with E-state index in [1.807, 2.05) is 0 Å². The Hall–Kier alpha value is -2.62. The van der Waals surface area contributed by atoms with Gasteiger partial charge in [0.25, 0.3) is 5.91 Å². The van der Waals surface area contributed by atoms with Gasteiger partial charge in [0, 0.05) is 42.1 Å². The molecule has 5 nitrogen and oxygen atoms in total. The number of benzene rings is 2. The predicted molar refractivity (Wildman–Crippen MR) is 127 cm³/mol. The van der Waals surface area contributed by atoms with Crippen molar-refractivity contribution >= 4 is 27.9 Å².